The van der Waals surface area contributed by atoms with Crippen molar-refractivity contribution in [1.82, 2.24) is 4.98 Å². The molecule has 1 aromatic heterocycles. The SMILES string of the molecule is Cl.Cl.NC[C@H]1CSc2cccnc21. The average Bonchev–Trinajstić information content (AvgIpc) is 2.47. The van der Waals surface area contributed by atoms with E-state index in [0.29, 0.717) is 5.92 Å². The maximum atomic E-state index is 5.60. The molecule has 13 heavy (non-hydrogen) atoms. The van der Waals surface area contributed by atoms with E-state index in [0.717, 1.165) is 12.3 Å². The highest BCUT2D eigenvalue weighted by atomic mass is 35.5. The fourth-order valence-corrected chi connectivity index (χ4v) is 2.50. The number of nitrogens with two attached hydrogens (primary N) is 1. The minimum absolute atomic E-state index is 0. The van der Waals surface area contributed by atoms with Gasteiger partial charge in [-0.05, 0) is 12.1 Å². The van der Waals surface area contributed by atoms with Gasteiger partial charge in [-0.3, -0.25) is 4.98 Å². The fourth-order valence-electron chi connectivity index (χ4n) is 1.28. The molecular formula is C8H12Cl2N2S. The Morgan fingerprint density at radius 3 is 3.00 bits per heavy atom. The lowest BCUT2D eigenvalue weighted by molar-refractivity contribution is 0.755. The number of nitrogens with zero attached hydrogens (tertiary/aromatic N) is 1. The highest BCUT2D eigenvalue weighted by Gasteiger charge is 2.22. The van der Waals surface area contributed by atoms with Crippen molar-refractivity contribution in [3.8, 4) is 0 Å². The van der Waals surface area contributed by atoms with Gasteiger partial charge in [-0.1, -0.05) is 0 Å². The minimum Gasteiger partial charge on any atom is -0.330 e. The van der Waals surface area contributed by atoms with Crippen LogP contribution in [0.3, 0.4) is 0 Å². The van der Waals surface area contributed by atoms with Gasteiger partial charge in [0.2, 0.25) is 0 Å². The van der Waals surface area contributed by atoms with Crippen LogP contribution in [0.1, 0.15) is 11.6 Å². The molecule has 0 unspecified atom stereocenters. The number of rotatable bonds is 1. The minimum atomic E-state index is 0. The lowest BCUT2D eigenvalue weighted by Gasteiger charge is -2.03. The second-order valence-electron chi connectivity index (χ2n) is 2.63. The molecule has 0 aliphatic carbocycles. The average molecular weight is 239 g/mol. The van der Waals surface area contributed by atoms with Crippen LogP contribution < -0.4 is 5.73 Å². The zero-order valence-electron chi connectivity index (χ0n) is 6.97. The maximum Gasteiger partial charge on any atom is 0.0591 e. The number of hydrogen-bond donors (Lipinski definition) is 1. The van der Waals surface area contributed by atoms with Gasteiger partial charge in [0, 0.05) is 29.3 Å². The Bertz CT molecular complexity index is 270. The van der Waals surface area contributed by atoms with Crippen LogP contribution in [-0.2, 0) is 0 Å². The van der Waals surface area contributed by atoms with Crippen LogP contribution in [0.15, 0.2) is 23.2 Å². The van der Waals surface area contributed by atoms with Crippen molar-refractivity contribution < 1.29 is 0 Å². The van der Waals surface area contributed by atoms with E-state index in [-0.39, 0.29) is 24.8 Å². The van der Waals surface area contributed by atoms with Gasteiger partial charge in [-0.2, -0.15) is 0 Å². The number of hydrogen-bond acceptors (Lipinski definition) is 3. The Morgan fingerprint density at radius 1 is 1.54 bits per heavy atom. The summed E-state index contributed by atoms with van der Waals surface area (Å²) in [6, 6.07) is 4.09. The van der Waals surface area contributed by atoms with Crippen LogP contribution in [0.5, 0.6) is 0 Å². The molecule has 0 saturated carbocycles. The van der Waals surface area contributed by atoms with Crippen LogP contribution in [-0.4, -0.2) is 17.3 Å². The summed E-state index contributed by atoms with van der Waals surface area (Å²) < 4.78 is 0. The fraction of sp³-hybridized carbons (Fsp3) is 0.375. The molecule has 2 rings (SSSR count). The molecule has 0 aromatic carbocycles. The molecule has 1 aromatic rings. The van der Waals surface area contributed by atoms with Crippen LogP contribution in [0, 0.1) is 0 Å². The predicted molar refractivity (Wildman–Crippen MR) is 61.3 cm³/mol. The van der Waals surface area contributed by atoms with E-state index in [2.05, 4.69) is 11.1 Å². The van der Waals surface area contributed by atoms with Crippen LogP contribution >= 0.6 is 36.6 Å². The molecule has 5 heteroatoms. The third-order valence-corrected chi connectivity index (χ3v) is 3.14. The van der Waals surface area contributed by atoms with Gasteiger partial charge < -0.3 is 5.73 Å². The summed E-state index contributed by atoms with van der Waals surface area (Å²) in [6.07, 6.45) is 1.84. The first-order valence-electron chi connectivity index (χ1n) is 3.69. The summed E-state index contributed by atoms with van der Waals surface area (Å²) in [5, 5.41) is 0. The molecule has 2 N–H and O–H groups in total. The number of thioether (sulfide) groups is 1. The summed E-state index contributed by atoms with van der Waals surface area (Å²) in [5.41, 5.74) is 6.79. The summed E-state index contributed by atoms with van der Waals surface area (Å²) in [4.78, 5) is 5.62. The van der Waals surface area contributed by atoms with Crippen molar-refractivity contribution in [2.75, 3.05) is 12.3 Å². The molecule has 0 fully saturated rings. The number of pyridine rings is 1. The van der Waals surface area contributed by atoms with Gasteiger partial charge in [-0.15, -0.1) is 36.6 Å². The summed E-state index contributed by atoms with van der Waals surface area (Å²) >= 11 is 1.86. The third kappa shape index (κ3) is 2.50. The second kappa shape index (κ2) is 5.70. The van der Waals surface area contributed by atoms with Gasteiger partial charge in [0.15, 0.2) is 0 Å². The first-order chi connectivity index (χ1) is 5.42. The molecule has 2 heterocycles. The number of halogens is 2. The van der Waals surface area contributed by atoms with Crippen LogP contribution in [0.4, 0.5) is 0 Å². The van der Waals surface area contributed by atoms with Crippen LogP contribution in [0.25, 0.3) is 0 Å². The molecule has 0 radical (unpaired) electrons. The number of aromatic nitrogens is 1. The van der Waals surface area contributed by atoms with Crippen molar-refractivity contribution in [2.24, 2.45) is 5.73 Å². The Kier molecular flexibility index (Phi) is 5.72. The number of fused-ring (bicyclic) bond motifs is 1. The second-order valence-corrected chi connectivity index (χ2v) is 3.69. The topological polar surface area (TPSA) is 38.9 Å². The highest BCUT2D eigenvalue weighted by molar-refractivity contribution is 7.99. The van der Waals surface area contributed by atoms with Crippen molar-refractivity contribution in [3.63, 3.8) is 0 Å². The molecule has 0 bridgehead atoms. The van der Waals surface area contributed by atoms with E-state index in [1.54, 1.807) is 0 Å². The first kappa shape index (κ1) is 13.0. The van der Waals surface area contributed by atoms with E-state index in [4.69, 9.17) is 5.73 Å². The Balaban J connectivity index is 0.000000720. The molecule has 1 aliphatic rings. The van der Waals surface area contributed by atoms with Gasteiger partial charge in [0.05, 0.1) is 5.69 Å². The van der Waals surface area contributed by atoms with Gasteiger partial charge >= 0.3 is 0 Å². The molecule has 74 valence electrons. The summed E-state index contributed by atoms with van der Waals surface area (Å²) in [6.45, 7) is 0.719. The van der Waals surface area contributed by atoms with Crippen LogP contribution in [0.2, 0.25) is 0 Å². The quantitative estimate of drug-likeness (QED) is 0.815. The standard InChI is InChI=1S/C8H10N2S.2ClH/c9-4-6-5-11-7-2-1-3-10-8(6)7;;/h1-3,6H,4-5,9H2;2*1H/t6-;;/m0../s1. The lowest BCUT2D eigenvalue weighted by atomic mass is 10.1. The monoisotopic (exact) mass is 238 g/mol. The molecule has 0 saturated heterocycles. The Labute approximate surface area is 94.5 Å². The third-order valence-electron chi connectivity index (χ3n) is 1.91. The molecule has 1 aliphatic heterocycles. The van der Waals surface area contributed by atoms with Crippen molar-refractivity contribution in [1.29, 1.82) is 0 Å². The highest BCUT2D eigenvalue weighted by Crippen LogP contribution is 2.36. The van der Waals surface area contributed by atoms with E-state index in [1.807, 2.05) is 24.0 Å². The van der Waals surface area contributed by atoms with Crippen molar-refractivity contribution in [3.05, 3.63) is 24.0 Å². The smallest absolute Gasteiger partial charge is 0.0591 e. The van der Waals surface area contributed by atoms with Gasteiger partial charge in [0.25, 0.3) is 0 Å². The van der Waals surface area contributed by atoms with E-state index >= 15 is 0 Å². The molecule has 1 atom stereocenters. The zero-order valence-corrected chi connectivity index (χ0v) is 9.42. The Morgan fingerprint density at radius 2 is 2.31 bits per heavy atom. The van der Waals surface area contributed by atoms with E-state index < -0.39 is 0 Å². The summed E-state index contributed by atoms with van der Waals surface area (Å²) in [5.74, 6) is 1.58. The molecule has 0 amide bonds. The zero-order chi connectivity index (χ0) is 7.68. The van der Waals surface area contributed by atoms with Gasteiger partial charge in [0.1, 0.15) is 0 Å². The maximum absolute atomic E-state index is 5.60. The lowest BCUT2D eigenvalue weighted by Crippen LogP contribution is -2.12. The predicted octanol–water partition coefficient (Wildman–Crippen LogP) is 2.07. The van der Waals surface area contributed by atoms with Crippen molar-refractivity contribution in [2.45, 2.75) is 10.8 Å². The molecular weight excluding hydrogens is 227 g/mol. The first-order valence-corrected chi connectivity index (χ1v) is 4.68. The normalized spacial score (nSPS) is 18.4. The van der Waals surface area contributed by atoms with Crippen molar-refractivity contribution >= 4 is 36.6 Å². The molecule has 2 nitrogen and oxygen atoms in total. The molecule has 0 spiro atoms. The van der Waals surface area contributed by atoms with E-state index in [1.165, 1.54) is 10.6 Å². The van der Waals surface area contributed by atoms with E-state index in [9.17, 15) is 0 Å². The Hall–Kier alpha value is 0.0400. The van der Waals surface area contributed by atoms with Gasteiger partial charge in [-0.25, -0.2) is 0 Å². The largest absolute Gasteiger partial charge is 0.330 e. The summed E-state index contributed by atoms with van der Waals surface area (Å²) in [7, 11) is 0.